The summed E-state index contributed by atoms with van der Waals surface area (Å²) < 4.78 is 4.64. The van der Waals surface area contributed by atoms with E-state index < -0.39 is 5.97 Å². The average molecular weight is 310 g/mol. The van der Waals surface area contributed by atoms with Gasteiger partial charge in [0.1, 0.15) is 5.69 Å². The summed E-state index contributed by atoms with van der Waals surface area (Å²) in [5, 5.41) is 0. The highest BCUT2D eigenvalue weighted by Gasteiger charge is 2.31. The molecular weight excluding hydrogens is 292 g/mol. The third kappa shape index (κ3) is 3.08. The van der Waals surface area contributed by atoms with Crippen LogP contribution in [0.1, 0.15) is 45.3 Å². The van der Waals surface area contributed by atoms with Crippen LogP contribution in [0.4, 0.5) is 0 Å². The second-order valence-electron chi connectivity index (χ2n) is 5.49. The van der Waals surface area contributed by atoms with Crippen molar-refractivity contribution >= 4 is 11.9 Å². The predicted octanol–water partition coefficient (Wildman–Crippen LogP) is 2.85. The molecule has 2 heterocycles. The highest BCUT2D eigenvalue weighted by molar-refractivity contribution is 5.94. The SMILES string of the molecule is COC(=O)c1ccc(C(=O)N2CCCC2c2ccccc2)nc1. The zero-order valence-corrected chi connectivity index (χ0v) is 12.9. The lowest BCUT2D eigenvalue weighted by atomic mass is 10.0. The van der Waals surface area contributed by atoms with E-state index in [0.29, 0.717) is 11.3 Å². The number of rotatable bonds is 3. The standard InChI is InChI=1S/C18H18N2O3/c1-23-18(22)14-9-10-15(19-12-14)17(21)20-11-5-8-16(20)13-6-3-2-4-7-13/h2-4,6-7,9-10,12,16H,5,8,11H2,1H3. The molecule has 0 aliphatic carbocycles. The van der Waals surface area contributed by atoms with Crippen LogP contribution in [0.5, 0.6) is 0 Å². The van der Waals surface area contributed by atoms with E-state index in [2.05, 4.69) is 9.72 Å². The lowest BCUT2D eigenvalue weighted by Crippen LogP contribution is -2.31. The molecular formula is C18H18N2O3. The van der Waals surface area contributed by atoms with Crippen LogP contribution < -0.4 is 0 Å². The van der Waals surface area contributed by atoms with Crippen molar-refractivity contribution in [3.05, 3.63) is 65.5 Å². The molecule has 0 bridgehead atoms. The summed E-state index contributed by atoms with van der Waals surface area (Å²) >= 11 is 0. The molecule has 1 aromatic heterocycles. The van der Waals surface area contributed by atoms with Gasteiger partial charge < -0.3 is 9.64 Å². The second-order valence-corrected chi connectivity index (χ2v) is 5.49. The van der Waals surface area contributed by atoms with Gasteiger partial charge in [-0.05, 0) is 30.5 Å². The molecule has 0 spiro atoms. The summed E-state index contributed by atoms with van der Waals surface area (Å²) in [4.78, 5) is 30.1. The fraction of sp³-hybridized carbons (Fsp3) is 0.278. The molecule has 1 aliphatic rings. The average Bonchev–Trinajstić information content (AvgIpc) is 3.11. The zero-order valence-electron chi connectivity index (χ0n) is 12.9. The number of likely N-dealkylation sites (tertiary alicyclic amines) is 1. The number of aromatic nitrogens is 1. The van der Waals surface area contributed by atoms with Gasteiger partial charge in [-0.15, -0.1) is 0 Å². The molecule has 3 rings (SSSR count). The minimum atomic E-state index is -0.458. The number of hydrogen-bond acceptors (Lipinski definition) is 4. The van der Waals surface area contributed by atoms with Gasteiger partial charge in [-0.1, -0.05) is 30.3 Å². The van der Waals surface area contributed by atoms with Gasteiger partial charge in [0.05, 0.1) is 18.7 Å². The number of benzene rings is 1. The fourth-order valence-electron chi connectivity index (χ4n) is 2.94. The van der Waals surface area contributed by atoms with E-state index in [1.807, 2.05) is 35.2 Å². The highest BCUT2D eigenvalue weighted by atomic mass is 16.5. The first kappa shape index (κ1) is 15.2. The van der Waals surface area contributed by atoms with Gasteiger partial charge >= 0.3 is 5.97 Å². The number of carbonyl (C=O) groups excluding carboxylic acids is 2. The molecule has 23 heavy (non-hydrogen) atoms. The van der Waals surface area contributed by atoms with Crippen molar-refractivity contribution < 1.29 is 14.3 Å². The van der Waals surface area contributed by atoms with Gasteiger partial charge in [0.2, 0.25) is 0 Å². The van der Waals surface area contributed by atoms with Gasteiger partial charge in [-0.25, -0.2) is 4.79 Å². The first-order chi connectivity index (χ1) is 11.2. The van der Waals surface area contributed by atoms with E-state index in [0.717, 1.165) is 24.9 Å². The Bertz CT molecular complexity index is 698. The quantitative estimate of drug-likeness (QED) is 0.818. The van der Waals surface area contributed by atoms with E-state index in [1.165, 1.54) is 13.3 Å². The van der Waals surface area contributed by atoms with Gasteiger partial charge in [0.25, 0.3) is 5.91 Å². The van der Waals surface area contributed by atoms with Crippen molar-refractivity contribution in [2.45, 2.75) is 18.9 Å². The molecule has 1 saturated heterocycles. The summed E-state index contributed by atoms with van der Waals surface area (Å²) in [6, 6.07) is 13.3. The van der Waals surface area contributed by atoms with Crippen LogP contribution in [0.2, 0.25) is 0 Å². The number of pyridine rings is 1. The molecule has 1 atom stereocenters. The fourth-order valence-corrected chi connectivity index (χ4v) is 2.94. The lowest BCUT2D eigenvalue weighted by Gasteiger charge is -2.24. The Morgan fingerprint density at radius 1 is 1.17 bits per heavy atom. The van der Waals surface area contributed by atoms with Crippen LogP contribution in [0, 0.1) is 0 Å². The maximum atomic E-state index is 12.7. The summed E-state index contributed by atoms with van der Waals surface area (Å²) in [7, 11) is 1.32. The van der Waals surface area contributed by atoms with E-state index in [4.69, 9.17) is 0 Å². The Hall–Kier alpha value is -2.69. The van der Waals surface area contributed by atoms with Crippen LogP contribution in [0.15, 0.2) is 48.7 Å². The molecule has 0 saturated carbocycles. The molecule has 1 amide bonds. The Kier molecular flexibility index (Phi) is 4.37. The van der Waals surface area contributed by atoms with E-state index in [1.54, 1.807) is 12.1 Å². The summed E-state index contributed by atoms with van der Waals surface area (Å²) in [5.41, 5.74) is 1.83. The Morgan fingerprint density at radius 2 is 1.96 bits per heavy atom. The number of hydrogen-bond donors (Lipinski definition) is 0. The van der Waals surface area contributed by atoms with Crippen molar-refractivity contribution in [1.29, 1.82) is 0 Å². The molecule has 118 valence electrons. The summed E-state index contributed by atoms with van der Waals surface area (Å²) in [6.45, 7) is 0.721. The normalized spacial score (nSPS) is 17.1. The van der Waals surface area contributed by atoms with Crippen LogP contribution in [0.3, 0.4) is 0 Å². The summed E-state index contributed by atoms with van der Waals surface area (Å²) in [5.74, 6) is -0.562. The van der Waals surface area contributed by atoms with E-state index >= 15 is 0 Å². The molecule has 5 heteroatoms. The molecule has 1 unspecified atom stereocenters. The topological polar surface area (TPSA) is 59.5 Å². The highest BCUT2D eigenvalue weighted by Crippen LogP contribution is 2.32. The number of methoxy groups -OCH3 is 1. The first-order valence-corrected chi connectivity index (χ1v) is 7.61. The van der Waals surface area contributed by atoms with Gasteiger partial charge in [0.15, 0.2) is 0 Å². The molecule has 1 aliphatic heterocycles. The first-order valence-electron chi connectivity index (χ1n) is 7.61. The molecule has 1 fully saturated rings. The maximum absolute atomic E-state index is 12.7. The maximum Gasteiger partial charge on any atom is 0.339 e. The number of amides is 1. The van der Waals surface area contributed by atoms with Crippen molar-refractivity contribution in [2.75, 3.05) is 13.7 Å². The van der Waals surface area contributed by atoms with Gasteiger partial charge in [-0.2, -0.15) is 0 Å². The third-order valence-electron chi connectivity index (χ3n) is 4.10. The van der Waals surface area contributed by atoms with Gasteiger partial charge in [-0.3, -0.25) is 9.78 Å². The van der Waals surface area contributed by atoms with Crippen LogP contribution in [-0.4, -0.2) is 35.4 Å². The molecule has 2 aromatic rings. The van der Waals surface area contributed by atoms with Crippen molar-refractivity contribution in [3.63, 3.8) is 0 Å². The minimum Gasteiger partial charge on any atom is -0.465 e. The molecule has 1 aromatic carbocycles. The molecule has 0 radical (unpaired) electrons. The van der Waals surface area contributed by atoms with E-state index in [-0.39, 0.29) is 11.9 Å². The van der Waals surface area contributed by atoms with Crippen LogP contribution in [-0.2, 0) is 4.74 Å². The largest absolute Gasteiger partial charge is 0.465 e. The number of carbonyl (C=O) groups is 2. The van der Waals surface area contributed by atoms with Crippen molar-refractivity contribution in [3.8, 4) is 0 Å². The second kappa shape index (κ2) is 6.60. The Balaban J connectivity index is 1.80. The zero-order chi connectivity index (χ0) is 16.2. The Labute approximate surface area is 134 Å². The van der Waals surface area contributed by atoms with Crippen molar-refractivity contribution in [2.24, 2.45) is 0 Å². The predicted molar refractivity (Wildman–Crippen MR) is 85.0 cm³/mol. The van der Waals surface area contributed by atoms with Crippen LogP contribution in [0.25, 0.3) is 0 Å². The monoisotopic (exact) mass is 310 g/mol. The molecule has 5 nitrogen and oxygen atoms in total. The number of ether oxygens (including phenoxy) is 1. The number of esters is 1. The summed E-state index contributed by atoms with van der Waals surface area (Å²) in [6.07, 6.45) is 3.31. The van der Waals surface area contributed by atoms with E-state index in [9.17, 15) is 9.59 Å². The third-order valence-corrected chi connectivity index (χ3v) is 4.10. The lowest BCUT2D eigenvalue weighted by molar-refractivity contribution is 0.0598. The van der Waals surface area contributed by atoms with Crippen LogP contribution >= 0.6 is 0 Å². The Morgan fingerprint density at radius 3 is 2.61 bits per heavy atom. The van der Waals surface area contributed by atoms with Gasteiger partial charge in [0, 0.05) is 12.7 Å². The number of nitrogens with zero attached hydrogens (tertiary/aromatic N) is 2. The smallest absolute Gasteiger partial charge is 0.339 e. The minimum absolute atomic E-state index is 0.0887. The van der Waals surface area contributed by atoms with Crippen molar-refractivity contribution in [1.82, 2.24) is 9.88 Å². The molecule has 0 N–H and O–H groups in total.